The van der Waals surface area contributed by atoms with E-state index in [0.717, 1.165) is 44.9 Å². The third-order valence-corrected chi connectivity index (χ3v) is 5.78. The van der Waals surface area contributed by atoms with Gasteiger partial charge in [0.05, 0.1) is 6.10 Å². The van der Waals surface area contributed by atoms with E-state index in [0.29, 0.717) is 37.5 Å². The molecule has 2 amide bonds. The molecule has 1 aromatic rings. The monoisotopic (exact) mass is 423 g/mol. The van der Waals surface area contributed by atoms with Crippen LogP contribution in [0, 0.1) is 5.92 Å². The van der Waals surface area contributed by atoms with Crippen LogP contribution in [-0.4, -0.2) is 49.1 Å². The number of nitrogens with one attached hydrogen (secondary N) is 1. The number of hydrogen-bond acceptors (Lipinski definition) is 4. The summed E-state index contributed by atoms with van der Waals surface area (Å²) in [7, 11) is 0. The molecule has 1 saturated heterocycles. The summed E-state index contributed by atoms with van der Waals surface area (Å²) in [5.74, 6) is 0.209. The second-order valence-electron chi connectivity index (χ2n) is 7.91. The average molecular weight is 424 g/mol. The molecule has 0 atom stereocenters. The van der Waals surface area contributed by atoms with Crippen LogP contribution in [0.2, 0.25) is 0 Å². The number of ether oxygens (including phenoxy) is 1. The number of halogens is 1. The van der Waals surface area contributed by atoms with Gasteiger partial charge < -0.3 is 20.7 Å². The van der Waals surface area contributed by atoms with Crippen LogP contribution in [0.25, 0.3) is 0 Å². The van der Waals surface area contributed by atoms with Gasteiger partial charge in [-0.25, -0.2) is 0 Å². The van der Waals surface area contributed by atoms with Gasteiger partial charge in [0, 0.05) is 36.9 Å². The maximum atomic E-state index is 12.9. The predicted octanol–water partition coefficient (Wildman–Crippen LogP) is 3.60. The van der Waals surface area contributed by atoms with Crippen LogP contribution in [0.4, 0.5) is 5.69 Å². The molecule has 0 unspecified atom stereocenters. The molecular weight excluding hydrogens is 390 g/mol. The Kier molecular flexibility index (Phi) is 9.91. The summed E-state index contributed by atoms with van der Waals surface area (Å²) in [4.78, 5) is 27.2. The van der Waals surface area contributed by atoms with E-state index in [1.807, 2.05) is 23.1 Å². The first-order valence-corrected chi connectivity index (χ1v) is 10.7. The molecule has 2 fully saturated rings. The van der Waals surface area contributed by atoms with E-state index >= 15 is 0 Å². The largest absolute Gasteiger partial charge is 0.378 e. The van der Waals surface area contributed by atoms with E-state index in [4.69, 9.17) is 10.5 Å². The van der Waals surface area contributed by atoms with Crippen LogP contribution in [0.1, 0.15) is 61.7 Å². The van der Waals surface area contributed by atoms with Crippen molar-refractivity contribution < 1.29 is 14.3 Å². The molecule has 3 rings (SSSR count). The summed E-state index contributed by atoms with van der Waals surface area (Å²) in [6.45, 7) is 2.73. The summed E-state index contributed by atoms with van der Waals surface area (Å²) < 4.78 is 5.81. The van der Waals surface area contributed by atoms with E-state index in [1.165, 1.54) is 6.42 Å². The highest BCUT2D eigenvalue weighted by Gasteiger charge is 2.25. The molecule has 29 heavy (non-hydrogen) atoms. The van der Waals surface area contributed by atoms with Crippen LogP contribution in [0.5, 0.6) is 0 Å². The highest BCUT2D eigenvalue weighted by Crippen LogP contribution is 2.25. The molecule has 7 heteroatoms. The number of piperidine rings is 1. The molecule has 0 aromatic heterocycles. The van der Waals surface area contributed by atoms with Gasteiger partial charge in [0.1, 0.15) is 0 Å². The van der Waals surface area contributed by atoms with E-state index in [2.05, 4.69) is 5.32 Å². The fourth-order valence-electron chi connectivity index (χ4n) is 4.08. The highest BCUT2D eigenvalue weighted by atomic mass is 35.5. The van der Waals surface area contributed by atoms with Crippen LogP contribution < -0.4 is 11.1 Å². The average Bonchev–Trinajstić information content (AvgIpc) is 2.75. The third kappa shape index (κ3) is 6.98. The van der Waals surface area contributed by atoms with Crippen molar-refractivity contribution in [3.8, 4) is 0 Å². The molecule has 3 N–H and O–H groups in total. The summed E-state index contributed by atoms with van der Waals surface area (Å²) in [6.07, 6.45) is 8.21. The Bertz CT molecular complexity index is 656. The van der Waals surface area contributed by atoms with Gasteiger partial charge in [-0.1, -0.05) is 25.3 Å². The van der Waals surface area contributed by atoms with Gasteiger partial charge >= 0.3 is 0 Å². The maximum absolute atomic E-state index is 12.9. The van der Waals surface area contributed by atoms with Crippen LogP contribution in [-0.2, 0) is 9.53 Å². The fraction of sp³-hybridized carbons (Fsp3) is 0.636. The van der Waals surface area contributed by atoms with E-state index in [1.54, 1.807) is 6.07 Å². The predicted molar refractivity (Wildman–Crippen MR) is 117 cm³/mol. The number of hydrogen-bond donors (Lipinski definition) is 2. The Hall–Kier alpha value is -1.63. The number of nitrogens with two attached hydrogens (primary N) is 1. The minimum Gasteiger partial charge on any atom is -0.378 e. The summed E-state index contributed by atoms with van der Waals surface area (Å²) >= 11 is 0. The normalized spacial score (nSPS) is 18.2. The molecule has 1 saturated carbocycles. The highest BCUT2D eigenvalue weighted by molar-refractivity contribution is 5.97. The smallest absolute Gasteiger partial charge is 0.253 e. The maximum Gasteiger partial charge on any atom is 0.253 e. The van der Waals surface area contributed by atoms with Crippen molar-refractivity contribution >= 4 is 29.9 Å². The zero-order valence-electron chi connectivity index (χ0n) is 17.1. The van der Waals surface area contributed by atoms with E-state index in [9.17, 15) is 9.59 Å². The number of anilines is 1. The van der Waals surface area contributed by atoms with Crippen molar-refractivity contribution in [2.75, 3.05) is 31.6 Å². The van der Waals surface area contributed by atoms with Gasteiger partial charge in [0.25, 0.3) is 5.91 Å². The van der Waals surface area contributed by atoms with Crippen molar-refractivity contribution in [3.05, 3.63) is 29.8 Å². The van der Waals surface area contributed by atoms with Gasteiger partial charge in [0.2, 0.25) is 5.91 Å². The quantitative estimate of drug-likeness (QED) is 0.656. The van der Waals surface area contributed by atoms with Gasteiger partial charge in [0.15, 0.2) is 0 Å². The first-order valence-electron chi connectivity index (χ1n) is 10.7. The Balaban J connectivity index is 0.00000300. The molecule has 2 aliphatic rings. The third-order valence-electron chi connectivity index (χ3n) is 5.78. The summed E-state index contributed by atoms with van der Waals surface area (Å²) in [5, 5.41) is 3.01. The Morgan fingerprint density at radius 1 is 1.10 bits per heavy atom. The molecule has 0 spiro atoms. The van der Waals surface area contributed by atoms with Crippen molar-refractivity contribution in [1.29, 1.82) is 0 Å². The molecule has 1 heterocycles. The topological polar surface area (TPSA) is 84.7 Å². The molecule has 6 nitrogen and oxygen atoms in total. The zero-order chi connectivity index (χ0) is 19.8. The van der Waals surface area contributed by atoms with E-state index < -0.39 is 0 Å². The van der Waals surface area contributed by atoms with Crippen molar-refractivity contribution in [2.24, 2.45) is 11.7 Å². The van der Waals surface area contributed by atoms with Crippen molar-refractivity contribution in [1.82, 2.24) is 4.90 Å². The second-order valence-corrected chi connectivity index (χ2v) is 7.91. The molecule has 0 bridgehead atoms. The molecule has 1 aliphatic heterocycles. The number of benzene rings is 1. The molecule has 1 aromatic carbocycles. The van der Waals surface area contributed by atoms with Gasteiger partial charge in [-0.2, -0.15) is 0 Å². The lowest BCUT2D eigenvalue weighted by atomic mass is 9.88. The summed E-state index contributed by atoms with van der Waals surface area (Å²) in [6, 6.07) is 7.32. The lowest BCUT2D eigenvalue weighted by Gasteiger charge is -2.32. The number of amides is 2. The van der Waals surface area contributed by atoms with E-state index in [-0.39, 0.29) is 36.2 Å². The van der Waals surface area contributed by atoms with Crippen LogP contribution in [0.15, 0.2) is 24.3 Å². The van der Waals surface area contributed by atoms with Crippen molar-refractivity contribution in [2.45, 2.75) is 57.5 Å². The number of rotatable bonds is 7. The van der Waals surface area contributed by atoms with Crippen molar-refractivity contribution in [3.63, 3.8) is 0 Å². The summed E-state index contributed by atoms with van der Waals surface area (Å²) in [5.41, 5.74) is 6.83. The molecular formula is C22H34ClN3O3. The Morgan fingerprint density at radius 2 is 1.83 bits per heavy atom. The first kappa shape index (κ1) is 23.6. The molecule has 1 aliphatic carbocycles. The van der Waals surface area contributed by atoms with Gasteiger partial charge in [-0.15, -0.1) is 12.4 Å². The minimum atomic E-state index is 0. The zero-order valence-corrected chi connectivity index (χ0v) is 17.9. The number of carbonyl (C=O) groups is 2. The van der Waals surface area contributed by atoms with Crippen LogP contribution in [0.3, 0.4) is 0 Å². The van der Waals surface area contributed by atoms with Crippen LogP contribution >= 0.6 is 12.4 Å². The molecule has 0 radical (unpaired) electrons. The Labute approximate surface area is 179 Å². The molecule has 162 valence electrons. The number of nitrogens with zero attached hydrogens (tertiary/aromatic N) is 1. The lowest BCUT2D eigenvalue weighted by Crippen LogP contribution is -2.41. The Morgan fingerprint density at radius 3 is 2.52 bits per heavy atom. The minimum absolute atomic E-state index is 0. The number of carbonyl (C=O) groups excluding carboxylic acids is 2. The van der Waals surface area contributed by atoms with Gasteiger partial charge in [-0.3, -0.25) is 9.59 Å². The lowest BCUT2D eigenvalue weighted by molar-refractivity contribution is -0.120. The second kappa shape index (κ2) is 12.2. The first-order chi connectivity index (χ1) is 13.7. The fourth-order valence-corrected chi connectivity index (χ4v) is 4.08. The number of likely N-dealkylation sites (tertiary alicyclic amines) is 1. The standard InChI is InChI=1S/C22H33N3O3.ClH/c23-12-5-15-28-20-10-13-25(14-11-20)22(27)18-8-4-9-19(16-18)24-21(26)17-6-2-1-3-7-17;/h4,8-9,16-17,20H,1-3,5-7,10-15,23H2,(H,24,26);1H. The van der Waals surface area contributed by atoms with Gasteiger partial charge in [-0.05, 0) is 56.8 Å². The SMILES string of the molecule is Cl.NCCCOC1CCN(C(=O)c2cccc(NC(=O)C3CCCCC3)c2)CC1.